The van der Waals surface area contributed by atoms with Crippen LogP contribution >= 0.6 is 0 Å². The summed E-state index contributed by atoms with van der Waals surface area (Å²) in [5.74, 6) is 0. The van der Waals surface area contributed by atoms with Gasteiger partial charge < -0.3 is 19.0 Å². The molecule has 5 nitrogen and oxygen atoms in total. The fraction of sp³-hybridized carbons (Fsp3) is 0.625. The highest BCUT2D eigenvalue weighted by Crippen LogP contribution is 2.18. The molecule has 0 aliphatic rings. The molecule has 0 fully saturated rings. The van der Waals surface area contributed by atoms with Gasteiger partial charge in [-0.25, -0.2) is 0 Å². The van der Waals surface area contributed by atoms with E-state index in [4.69, 9.17) is 19.0 Å². The molecule has 1 aromatic carbocycles. The third-order valence-corrected chi connectivity index (χ3v) is 6.39. The van der Waals surface area contributed by atoms with Crippen LogP contribution in [-0.4, -0.2) is 34.8 Å². The summed E-state index contributed by atoms with van der Waals surface area (Å²) >= 11 is 0. The lowest BCUT2D eigenvalue weighted by atomic mass is 10.1. The van der Waals surface area contributed by atoms with Gasteiger partial charge in [-0.2, -0.15) is 0 Å². The van der Waals surface area contributed by atoms with Crippen LogP contribution in [0.2, 0.25) is 0 Å². The smallest absolute Gasteiger partial charge is 0.370 e. The molecule has 3 N–H and O–H groups in total. The molecule has 6 heteroatoms. The molecule has 2 unspecified atom stereocenters. The maximum Gasteiger partial charge on any atom is 0.537 e. The first kappa shape index (κ1) is 19.3. The third-order valence-electron chi connectivity index (χ3n) is 3.27. The van der Waals surface area contributed by atoms with Gasteiger partial charge >= 0.3 is 8.80 Å². The molecule has 1 rings (SSSR count). The van der Waals surface area contributed by atoms with Crippen LogP contribution < -0.4 is 16.2 Å². The van der Waals surface area contributed by atoms with Gasteiger partial charge in [-0.1, -0.05) is 24.3 Å². The van der Waals surface area contributed by atoms with Crippen molar-refractivity contribution < 1.29 is 13.3 Å². The molecule has 0 heterocycles. The van der Waals surface area contributed by atoms with Gasteiger partial charge in [-0.15, -0.1) is 0 Å². The molecule has 22 heavy (non-hydrogen) atoms. The second kappa shape index (κ2) is 9.39. The highest BCUT2D eigenvalue weighted by atomic mass is 28.4. The Balaban J connectivity index is 3.28. The minimum Gasteiger partial charge on any atom is -0.370 e. The van der Waals surface area contributed by atoms with Gasteiger partial charge in [0.2, 0.25) is 0 Å². The highest BCUT2D eigenvalue weighted by Gasteiger charge is 2.45. The SMILES string of the molecule is CCO[Si](OCC)(OCC)c1ccccc1C(C)NC(C)N. The molecule has 1 aromatic rings. The van der Waals surface area contributed by atoms with Crippen molar-refractivity contribution in [1.29, 1.82) is 0 Å². The van der Waals surface area contributed by atoms with E-state index < -0.39 is 8.80 Å². The van der Waals surface area contributed by atoms with Gasteiger partial charge in [0, 0.05) is 31.0 Å². The van der Waals surface area contributed by atoms with Gasteiger partial charge in [0.25, 0.3) is 0 Å². The fourth-order valence-electron chi connectivity index (χ4n) is 2.57. The maximum absolute atomic E-state index is 6.03. The fourth-order valence-corrected chi connectivity index (χ4v) is 5.38. The number of hydrogen-bond acceptors (Lipinski definition) is 5. The second-order valence-electron chi connectivity index (χ2n) is 5.12. The van der Waals surface area contributed by atoms with Crippen molar-refractivity contribution in [2.24, 2.45) is 5.73 Å². The molecular formula is C16H30N2O3Si. The summed E-state index contributed by atoms with van der Waals surface area (Å²) in [6.45, 7) is 11.6. The summed E-state index contributed by atoms with van der Waals surface area (Å²) in [6, 6.07) is 8.22. The number of hydrogen-bond donors (Lipinski definition) is 2. The first-order valence-corrected chi connectivity index (χ1v) is 9.76. The normalized spacial score (nSPS) is 14.8. The molecular weight excluding hydrogens is 296 g/mol. The Morgan fingerprint density at radius 3 is 1.95 bits per heavy atom. The Labute approximate surface area is 135 Å². The molecule has 0 aromatic heterocycles. The molecule has 126 valence electrons. The van der Waals surface area contributed by atoms with Crippen LogP contribution in [0.3, 0.4) is 0 Å². The Kier molecular flexibility index (Phi) is 8.23. The molecule has 0 aliphatic carbocycles. The van der Waals surface area contributed by atoms with Crippen LogP contribution in [0.25, 0.3) is 0 Å². The zero-order chi connectivity index (χ0) is 16.6. The van der Waals surface area contributed by atoms with E-state index in [-0.39, 0.29) is 12.2 Å². The van der Waals surface area contributed by atoms with Gasteiger partial charge in [0.15, 0.2) is 0 Å². The van der Waals surface area contributed by atoms with Crippen molar-refractivity contribution >= 4 is 14.0 Å². The molecule has 0 amide bonds. The average Bonchev–Trinajstić information content (AvgIpc) is 2.47. The molecule has 0 radical (unpaired) electrons. The van der Waals surface area contributed by atoms with Crippen LogP contribution in [0.5, 0.6) is 0 Å². The monoisotopic (exact) mass is 326 g/mol. The molecule has 0 aliphatic heterocycles. The summed E-state index contributed by atoms with van der Waals surface area (Å²) < 4.78 is 18.1. The van der Waals surface area contributed by atoms with E-state index in [1.807, 2.05) is 45.9 Å². The van der Waals surface area contributed by atoms with E-state index >= 15 is 0 Å². The van der Waals surface area contributed by atoms with Gasteiger partial charge in [0.05, 0.1) is 6.17 Å². The van der Waals surface area contributed by atoms with E-state index in [9.17, 15) is 0 Å². The van der Waals surface area contributed by atoms with Gasteiger partial charge in [-0.3, -0.25) is 5.32 Å². The van der Waals surface area contributed by atoms with Crippen molar-refractivity contribution in [2.75, 3.05) is 19.8 Å². The van der Waals surface area contributed by atoms with Crippen LogP contribution in [0.1, 0.15) is 46.2 Å². The lowest BCUT2D eigenvalue weighted by Crippen LogP contribution is -2.58. The predicted molar refractivity (Wildman–Crippen MR) is 91.9 cm³/mol. The number of nitrogens with one attached hydrogen (secondary N) is 1. The number of nitrogens with two attached hydrogens (primary N) is 1. The largest absolute Gasteiger partial charge is 0.537 e. The van der Waals surface area contributed by atoms with Crippen LogP contribution in [0.4, 0.5) is 0 Å². The Morgan fingerprint density at radius 2 is 1.50 bits per heavy atom. The van der Waals surface area contributed by atoms with Crippen molar-refractivity contribution in [3.63, 3.8) is 0 Å². The molecule has 0 saturated carbocycles. The van der Waals surface area contributed by atoms with E-state index in [0.29, 0.717) is 19.8 Å². The molecule has 0 saturated heterocycles. The molecule has 0 bridgehead atoms. The minimum atomic E-state index is -2.91. The first-order chi connectivity index (χ1) is 10.5. The minimum absolute atomic E-state index is 0.0874. The number of rotatable bonds is 10. The zero-order valence-corrected chi connectivity index (χ0v) is 15.4. The Morgan fingerprint density at radius 1 is 1.00 bits per heavy atom. The summed E-state index contributed by atoms with van der Waals surface area (Å²) in [7, 11) is -2.91. The summed E-state index contributed by atoms with van der Waals surface area (Å²) in [6.07, 6.45) is -0.0922. The standard InChI is InChI=1S/C16H30N2O3Si/c1-6-19-22(20-7-2,21-8-3)16-12-10-9-11-15(16)13(4)18-14(5)17/h9-14,18H,6-8,17H2,1-5H3. The quantitative estimate of drug-likeness (QED) is 0.508. The summed E-state index contributed by atoms with van der Waals surface area (Å²) in [5, 5.41) is 4.35. The Bertz CT molecular complexity index is 426. The highest BCUT2D eigenvalue weighted by molar-refractivity contribution is 6.75. The predicted octanol–water partition coefficient (Wildman–Crippen LogP) is 1.90. The Hall–Kier alpha value is -0.763. The lowest BCUT2D eigenvalue weighted by molar-refractivity contribution is 0.0856. The van der Waals surface area contributed by atoms with Crippen molar-refractivity contribution in [2.45, 2.75) is 46.8 Å². The lowest BCUT2D eigenvalue weighted by Gasteiger charge is -2.32. The van der Waals surface area contributed by atoms with E-state index in [1.54, 1.807) is 0 Å². The maximum atomic E-state index is 6.03. The summed E-state index contributed by atoms with van der Waals surface area (Å²) in [5.41, 5.74) is 6.99. The van der Waals surface area contributed by atoms with Crippen molar-refractivity contribution in [3.8, 4) is 0 Å². The van der Waals surface area contributed by atoms with E-state index in [0.717, 1.165) is 10.8 Å². The zero-order valence-electron chi connectivity index (χ0n) is 14.4. The van der Waals surface area contributed by atoms with E-state index in [2.05, 4.69) is 18.3 Å². The van der Waals surface area contributed by atoms with Crippen molar-refractivity contribution in [1.82, 2.24) is 5.32 Å². The van der Waals surface area contributed by atoms with Crippen LogP contribution in [-0.2, 0) is 13.3 Å². The molecule has 0 spiro atoms. The first-order valence-electron chi connectivity index (χ1n) is 8.03. The van der Waals surface area contributed by atoms with Crippen molar-refractivity contribution in [3.05, 3.63) is 29.8 Å². The second-order valence-corrected chi connectivity index (χ2v) is 7.64. The molecule has 2 atom stereocenters. The van der Waals surface area contributed by atoms with Gasteiger partial charge in [0.1, 0.15) is 0 Å². The van der Waals surface area contributed by atoms with Crippen LogP contribution in [0, 0.1) is 0 Å². The summed E-state index contributed by atoms with van der Waals surface area (Å²) in [4.78, 5) is 0. The third kappa shape index (κ3) is 4.87. The average molecular weight is 327 g/mol. The van der Waals surface area contributed by atoms with Gasteiger partial charge in [-0.05, 0) is 40.2 Å². The number of benzene rings is 1. The van der Waals surface area contributed by atoms with Crippen LogP contribution in [0.15, 0.2) is 24.3 Å². The topological polar surface area (TPSA) is 65.7 Å². The van der Waals surface area contributed by atoms with E-state index in [1.165, 1.54) is 0 Å².